The Morgan fingerprint density at radius 3 is 1.95 bits per heavy atom. The molecular weight excluding hydrogens is 272 g/mol. The molecule has 0 bridgehead atoms. The molecule has 0 fully saturated rings. The molecule has 0 saturated heterocycles. The van der Waals surface area contributed by atoms with Crippen LogP contribution in [0.1, 0.15) is 20.8 Å². The first-order valence-electron chi connectivity index (χ1n) is 7.94. The molecule has 0 radical (unpaired) electrons. The molecule has 3 aromatic rings. The number of aliphatic hydroxyl groups excluding tert-OH is 1. The quantitative estimate of drug-likeness (QED) is 0.763. The SMILES string of the molecule is CC(C)(C)[NH2+]C[C@@H](O)Cn1c2ccccc2c2ccccc21. The summed E-state index contributed by atoms with van der Waals surface area (Å²) in [6.07, 6.45) is -0.363. The largest absolute Gasteiger partial charge is 0.385 e. The van der Waals surface area contributed by atoms with Crippen molar-refractivity contribution in [2.24, 2.45) is 0 Å². The van der Waals surface area contributed by atoms with Crippen LogP contribution in [-0.2, 0) is 6.54 Å². The van der Waals surface area contributed by atoms with Crippen LogP contribution in [0.3, 0.4) is 0 Å². The van der Waals surface area contributed by atoms with Gasteiger partial charge in [0, 0.05) is 21.8 Å². The van der Waals surface area contributed by atoms with Crippen LogP contribution in [0, 0.1) is 0 Å². The van der Waals surface area contributed by atoms with Gasteiger partial charge < -0.3 is 15.0 Å². The Kier molecular flexibility index (Phi) is 3.94. The number of fused-ring (bicyclic) bond motifs is 3. The van der Waals surface area contributed by atoms with Crippen molar-refractivity contribution in [3.05, 3.63) is 48.5 Å². The van der Waals surface area contributed by atoms with Crippen LogP contribution in [0.25, 0.3) is 21.8 Å². The summed E-state index contributed by atoms with van der Waals surface area (Å²) >= 11 is 0. The highest BCUT2D eigenvalue weighted by atomic mass is 16.3. The van der Waals surface area contributed by atoms with E-state index in [0.29, 0.717) is 13.1 Å². The zero-order chi connectivity index (χ0) is 15.7. The van der Waals surface area contributed by atoms with Gasteiger partial charge in [0.05, 0.1) is 12.1 Å². The standard InChI is InChI=1S/C19H24N2O/c1-19(2,3)20-12-14(22)13-21-17-10-6-4-8-15(17)16-9-5-7-11-18(16)21/h4-11,14,20,22H,12-13H2,1-3H3/p+1/t14-/m1/s1. The lowest BCUT2D eigenvalue weighted by atomic mass is 10.1. The maximum absolute atomic E-state index is 10.5. The predicted molar refractivity (Wildman–Crippen MR) is 92.0 cm³/mol. The number of hydrogen-bond acceptors (Lipinski definition) is 1. The fourth-order valence-electron chi connectivity index (χ4n) is 2.97. The van der Waals surface area contributed by atoms with E-state index in [9.17, 15) is 5.11 Å². The lowest BCUT2D eigenvalue weighted by molar-refractivity contribution is -0.722. The summed E-state index contributed by atoms with van der Waals surface area (Å²) in [4.78, 5) is 0. The molecule has 0 spiro atoms. The van der Waals surface area contributed by atoms with E-state index in [-0.39, 0.29) is 11.6 Å². The van der Waals surface area contributed by atoms with Crippen molar-refractivity contribution in [3.8, 4) is 0 Å². The van der Waals surface area contributed by atoms with Gasteiger partial charge in [-0.05, 0) is 32.9 Å². The van der Waals surface area contributed by atoms with Gasteiger partial charge in [0.15, 0.2) is 0 Å². The van der Waals surface area contributed by atoms with Crippen LogP contribution >= 0.6 is 0 Å². The third-order valence-corrected chi connectivity index (χ3v) is 4.08. The number of quaternary nitrogens is 1. The molecule has 0 unspecified atom stereocenters. The first-order valence-corrected chi connectivity index (χ1v) is 7.94. The molecule has 0 aliphatic rings. The monoisotopic (exact) mass is 297 g/mol. The van der Waals surface area contributed by atoms with Crippen LogP contribution in [0.5, 0.6) is 0 Å². The van der Waals surface area contributed by atoms with Gasteiger partial charge in [0.25, 0.3) is 0 Å². The Morgan fingerprint density at radius 1 is 0.955 bits per heavy atom. The first kappa shape index (κ1) is 15.1. The maximum Gasteiger partial charge on any atom is 0.121 e. The molecule has 1 heterocycles. The summed E-state index contributed by atoms with van der Waals surface area (Å²) < 4.78 is 2.24. The minimum absolute atomic E-state index is 0.141. The first-order chi connectivity index (χ1) is 10.5. The number of aliphatic hydroxyl groups is 1. The molecular formula is C19H25N2O+. The molecule has 0 aliphatic heterocycles. The molecule has 3 nitrogen and oxygen atoms in total. The molecule has 0 aliphatic carbocycles. The van der Waals surface area contributed by atoms with E-state index in [2.05, 4.69) is 79.2 Å². The van der Waals surface area contributed by atoms with E-state index in [1.807, 2.05) is 0 Å². The summed E-state index contributed by atoms with van der Waals surface area (Å²) in [5.41, 5.74) is 2.53. The molecule has 0 amide bonds. The van der Waals surface area contributed by atoms with Crippen LogP contribution in [0.2, 0.25) is 0 Å². The second kappa shape index (κ2) is 5.75. The fraction of sp³-hybridized carbons (Fsp3) is 0.368. The number of nitrogens with two attached hydrogens (primary N) is 1. The number of hydrogen-bond donors (Lipinski definition) is 2. The molecule has 116 valence electrons. The number of aromatic nitrogens is 1. The Morgan fingerprint density at radius 2 is 1.45 bits per heavy atom. The van der Waals surface area contributed by atoms with Gasteiger partial charge >= 0.3 is 0 Å². The summed E-state index contributed by atoms with van der Waals surface area (Å²) in [5.74, 6) is 0. The zero-order valence-electron chi connectivity index (χ0n) is 13.6. The van der Waals surface area contributed by atoms with Gasteiger partial charge in [-0.1, -0.05) is 36.4 Å². The molecule has 1 atom stereocenters. The molecule has 2 aromatic carbocycles. The van der Waals surface area contributed by atoms with E-state index >= 15 is 0 Å². The fourth-order valence-corrected chi connectivity index (χ4v) is 2.97. The van der Waals surface area contributed by atoms with Crippen molar-refractivity contribution in [2.45, 2.75) is 39.0 Å². The van der Waals surface area contributed by atoms with E-state index < -0.39 is 0 Å². The molecule has 22 heavy (non-hydrogen) atoms. The van der Waals surface area contributed by atoms with Crippen LogP contribution in [0.4, 0.5) is 0 Å². The highest BCUT2D eigenvalue weighted by molar-refractivity contribution is 6.07. The van der Waals surface area contributed by atoms with Crippen molar-refractivity contribution in [3.63, 3.8) is 0 Å². The van der Waals surface area contributed by atoms with Crippen molar-refractivity contribution in [2.75, 3.05) is 6.54 Å². The summed E-state index contributed by atoms with van der Waals surface area (Å²) in [6, 6.07) is 16.8. The zero-order valence-corrected chi connectivity index (χ0v) is 13.6. The highest BCUT2D eigenvalue weighted by Gasteiger charge is 2.18. The number of benzene rings is 2. The van der Waals surface area contributed by atoms with Gasteiger partial charge in [0.2, 0.25) is 0 Å². The van der Waals surface area contributed by atoms with Gasteiger partial charge in [-0.15, -0.1) is 0 Å². The Hall–Kier alpha value is -1.84. The van der Waals surface area contributed by atoms with Gasteiger partial charge in [-0.25, -0.2) is 0 Å². The second-order valence-electron chi connectivity index (χ2n) is 7.10. The minimum Gasteiger partial charge on any atom is -0.385 e. The van der Waals surface area contributed by atoms with Crippen molar-refractivity contribution < 1.29 is 10.4 Å². The number of para-hydroxylation sites is 2. The molecule has 3 rings (SSSR count). The van der Waals surface area contributed by atoms with E-state index in [1.54, 1.807) is 0 Å². The third kappa shape index (κ3) is 3.01. The predicted octanol–water partition coefficient (Wildman–Crippen LogP) is 2.52. The van der Waals surface area contributed by atoms with Gasteiger partial charge in [-0.3, -0.25) is 0 Å². The van der Waals surface area contributed by atoms with E-state index in [1.165, 1.54) is 21.8 Å². The van der Waals surface area contributed by atoms with E-state index in [4.69, 9.17) is 0 Å². The Bertz CT molecular complexity index is 730. The summed E-state index contributed by atoms with van der Waals surface area (Å²) in [5, 5.41) is 15.2. The number of rotatable bonds is 4. The number of nitrogens with zero attached hydrogens (tertiary/aromatic N) is 1. The molecule has 0 saturated carbocycles. The lowest BCUT2D eigenvalue weighted by Crippen LogP contribution is -2.96. The normalized spacial score (nSPS) is 13.8. The van der Waals surface area contributed by atoms with E-state index in [0.717, 1.165) is 0 Å². The molecule has 3 N–H and O–H groups in total. The van der Waals surface area contributed by atoms with Crippen LogP contribution in [-0.4, -0.2) is 27.9 Å². The smallest absolute Gasteiger partial charge is 0.121 e. The molecule has 1 aromatic heterocycles. The van der Waals surface area contributed by atoms with Crippen LogP contribution in [0.15, 0.2) is 48.5 Å². The van der Waals surface area contributed by atoms with Gasteiger partial charge in [0.1, 0.15) is 12.6 Å². The second-order valence-corrected chi connectivity index (χ2v) is 7.10. The summed E-state index contributed by atoms with van der Waals surface area (Å²) in [6.45, 7) is 7.84. The third-order valence-electron chi connectivity index (χ3n) is 4.08. The Labute approximate surface area is 131 Å². The lowest BCUT2D eigenvalue weighted by Gasteiger charge is -2.20. The van der Waals surface area contributed by atoms with Crippen molar-refractivity contribution in [1.82, 2.24) is 4.57 Å². The topological polar surface area (TPSA) is 41.8 Å². The Balaban J connectivity index is 1.95. The highest BCUT2D eigenvalue weighted by Crippen LogP contribution is 2.28. The minimum atomic E-state index is -0.363. The van der Waals surface area contributed by atoms with Crippen molar-refractivity contribution in [1.29, 1.82) is 0 Å². The maximum atomic E-state index is 10.5. The molecule has 3 heteroatoms. The average Bonchev–Trinajstić information content (AvgIpc) is 2.80. The van der Waals surface area contributed by atoms with Crippen LogP contribution < -0.4 is 5.32 Å². The van der Waals surface area contributed by atoms with Crippen molar-refractivity contribution >= 4 is 21.8 Å². The van der Waals surface area contributed by atoms with Gasteiger partial charge in [-0.2, -0.15) is 0 Å². The average molecular weight is 297 g/mol. The summed E-state index contributed by atoms with van der Waals surface area (Å²) in [7, 11) is 0.